The molecule has 0 unspecified atom stereocenters. The lowest BCUT2D eigenvalue weighted by atomic mass is 9.80. The lowest BCUT2D eigenvalue weighted by Crippen LogP contribution is -2.46. The molecule has 1 amide bonds. The quantitative estimate of drug-likeness (QED) is 0.833. The summed E-state index contributed by atoms with van der Waals surface area (Å²) in [6.45, 7) is 5.24. The van der Waals surface area contributed by atoms with Crippen molar-refractivity contribution in [3.8, 4) is 0 Å². The molecule has 1 saturated heterocycles. The van der Waals surface area contributed by atoms with Gasteiger partial charge in [-0.15, -0.1) is 0 Å². The van der Waals surface area contributed by atoms with Gasteiger partial charge in [0.15, 0.2) is 5.76 Å². The molecule has 0 spiro atoms. The van der Waals surface area contributed by atoms with Crippen molar-refractivity contribution in [2.45, 2.75) is 26.7 Å². The van der Waals surface area contributed by atoms with Crippen LogP contribution < -0.4 is 5.73 Å². The summed E-state index contributed by atoms with van der Waals surface area (Å²) in [5.74, 6) is 1.11. The molecule has 2 heterocycles. The Bertz CT molecular complexity index is 473. The number of furan rings is 1. The number of aryl methyl sites for hydroxylation is 1. The first kappa shape index (κ1) is 13.1. The van der Waals surface area contributed by atoms with Crippen LogP contribution in [0.4, 0.5) is 0 Å². The average molecular weight is 266 g/mol. The molecule has 1 fully saturated rings. The van der Waals surface area contributed by atoms with E-state index in [9.17, 15) is 4.79 Å². The van der Waals surface area contributed by atoms with E-state index in [1.54, 1.807) is 17.0 Å². The molecule has 1 aliphatic heterocycles. The summed E-state index contributed by atoms with van der Waals surface area (Å²) >= 11 is 5.09. The van der Waals surface area contributed by atoms with Gasteiger partial charge >= 0.3 is 0 Å². The van der Waals surface area contributed by atoms with Gasteiger partial charge in [0.2, 0.25) is 0 Å². The number of rotatable bonds is 2. The number of likely N-dealkylation sites (tertiary alicyclic amines) is 1. The largest absolute Gasteiger partial charge is 0.456 e. The van der Waals surface area contributed by atoms with Gasteiger partial charge in [0, 0.05) is 18.5 Å². The van der Waals surface area contributed by atoms with Crippen molar-refractivity contribution in [1.29, 1.82) is 0 Å². The maximum absolute atomic E-state index is 12.2. The Kier molecular flexibility index (Phi) is 3.43. The van der Waals surface area contributed by atoms with Gasteiger partial charge in [-0.3, -0.25) is 4.79 Å². The van der Waals surface area contributed by atoms with Crippen molar-refractivity contribution in [3.63, 3.8) is 0 Å². The number of hydrogen-bond donors (Lipinski definition) is 1. The van der Waals surface area contributed by atoms with Crippen LogP contribution in [0.3, 0.4) is 0 Å². The van der Waals surface area contributed by atoms with Gasteiger partial charge in [0.25, 0.3) is 5.91 Å². The molecule has 5 heteroatoms. The highest BCUT2D eigenvalue weighted by Crippen LogP contribution is 2.31. The van der Waals surface area contributed by atoms with E-state index in [2.05, 4.69) is 6.92 Å². The first-order valence-corrected chi connectivity index (χ1v) is 6.49. The van der Waals surface area contributed by atoms with Crippen molar-refractivity contribution in [2.24, 2.45) is 11.1 Å². The number of nitrogens with two attached hydrogens (primary N) is 1. The Balaban J connectivity index is 2.02. The lowest BCUT2D eigenvalue weighted by Gasteiger charge is -2.38. The van der Waals surface area contributed by atoms with Crippen molar-refractivity contribution in [3.05, 3.63) is 23.7 Å². The minimum Gasteiger partial charge on any atom is -0.456 e. The van der Waals surface area contributed by atoms with Crippen molar-refractivity contribution < 1.29 is 9.21 Å². The van der Waals surface area contributed by atoms with Gasteiger partial charge in [0.05, 0.1) is 4.99 Å². The van der Waals surface area contributed by atoms with E-state index in [1.165, 1.54) is 0 Å². The normalized spacial score (nSPS) is 18.7. The number of carbonyl (C=O) groups is 1. The molecule has 2 N–H and O–H groups in total. The summed E-state index contributed by atoms with van der Waals surface area (Å²) in [4.78, 5) is 14.5. The topological polar surface area (TPSA) is 59.5 Å². The highest BCUT2D eigenvalue weighted by molar-refractivity contribution is 7.80. The number of carbonyl (C=O) groups excluding carboxylic acids is 1. The smallest absolute Gasteiger partial charge is 0.289 e. The Morgan fingerprint density at radius 2 is 2.06 bits per heavy atom. The molecular formula is C13H18N2O2S. The first-order valence-electron chi connectivity index (χ1n) is 6.08. The van der Waals surface area contributed by atoms with Crippen LogP contribution in [0.25, 0.3) is 0 Å². The van der Waals surface area contributed by atoms with Crippen molar-refractivity contribution in [1.82, 2.24) is 4.90 Å². The van der Waals surface area contributed by atoms with Crippen LogP contribution in [0, 0.1) is 12.3 Å². The molecule has 2 rings (SSSR count). The zero-order valence-electron chi connectivity index (χ0n) is 10.7. The molecule has 0 radical (unpaired) electrons. The molecule has 4 nitrogen and oxygen atoms in total. The van der Waals surface area contributed by atoms with E-state index >= 15 is 0 Å². The monoisotopic (exact) mass is 266 g/mol. The van der Waals surface area contributed by atoms with E-state index < -0.39 is 0 Å². The Morgan fingerprint density at radius 1 is 1.44 bits per heavy atom. The molecule has 1 aliphatic rings. The van der Waals surface area contributed by atoms with Crippen LogP contribution in [-0.4, -0.2) is 28.9 Å². The van der Waals surface area contributed by atoms with E-state index in [0.717, 1.165) is 18.6 Å². The Morgan fingerprint density at radius 3 is 2.50 bits per heavy atom. The third kappa shape index (κ3) is 2.41. The van der Waals surface area contributed by atoms with Crippen molar-refractivity contribution in [2.75, 3.05) is 13.1 Å². The molecule has 0 saturated carbocycles. The van der Waals surface area contributed by atoms with Gasteiger partial charge in [-0.05, 0) is 31.9 Å². The van der Waals surface area contributed by atoms with Gasteiger partial charge in [-0.25, -0.2) is 0 Å². The minimum atomic E-state index is -0.120. The molecule has 0 bridgehead atoms. The summed E-state index contributed by atoms with van der Waals surface area (Å²) in [5, 5.41) is 0. The molecule has 1 aromatic heterocycles. The zero-order valence-corrected chi connectivity index (χ0v) is 11.5. The van der Waals surface area contributed by atoms with Crippen LogP contribution in [0.5, 0.6) is 0 Å². The third-order valence-electron chi connectivity index (χ3n) is 3.70. The third-order valence-corrected chi connectivity index (χ3v) is 4.19. The summed E-state index contributed by atoms with van der Waals surface area (Å²) in [5.41, 5.74) is 5.63. The Hall–Kier alpha value is -1.36. The molecule has 0 aliphatic carbocycles. The van der Waals surface area contributed by atoms with Crippen molar-refractivity contribution >= 4 is 23.1 Å². The SMILES string of the molecule is Cc1ccc(C(=O)N2CCC(C)(C(N)=S)CC2)o1. The molecular weight excluding hydrogens is 248 g/mol. The second kappa shape index (κ2) is 4.72. The first-order chi connectivity index (χ1) is 8.42. The zero-order chi connectivity index (χ0) is 13.3. The predicted molar refractivity (Wildman–Crippen MR) is 73.5 cm³/mol. The summed E-state index contributed by atoms with van der Waals surface area (Å²) in [6.07, 6.45) is 1.63. The highest BCUT2D eigenvalue weighted by Gasteiger charge is 2.34. The lowest BCUT2D eigenvalue weighted by molar-refractivity contribution is 0.0637. The van der Waals surface area contributed by atoms with E-state index in [4.69, 9.17) is 22.4 Å². The van der Waals surface area contributed by atoms with E-state index in [0.29, 0.717) is 23.8 Å². The fourth-order valence-electron chi connectivity index (χ4n) is 2.16. The van der Waals surface area contributed by atoms with Gasteiger partial charge < -0.3 is 15.1 Å². The van der Waals surface area contributed by atoms with Crippen LogP contribution in [0.15, 0.2) is 16.5 Å². The molecule has 18 heavy (non-hydrogen) atoms. The molecule has 0 atom stereocenters. The summed E-state index contributed by atoms with van der Waals surface area (Å²) in [7, 11) is 0. The second-order valence-corrected chi connectivity index (χ2v) is 5.57. The summed E-state index contributed by atoms with van der Waals surface area (Å²) in [6, 6.07) is 3.52. The predicted octanol–water partition coefficient (Wildman–Crippen LogP) is 2.12. The number of amides is 1. The number of hydrogen-bond acceptors (Lipinski definition) is 3. The second-order valence-electron chi connectivity index (χ2n) is 5.13. The number of piperidine rings is 1. The summed E-state index contributed by atoms with van der Waals surface area (Å²) < 4.78 is 5.36. The van der Waals surface area contributed by atoms with Crippen LogP contribution in [0.1, 0.15) is 36.1 Å². The standard InChI is InChI=1S/C13H18N2O2S/c1-9-3-4-10(17-9)11(16)15-7-5-13(2,6-8-15)12(14)18/h3-4H,5-8H2,1-2H3,(H2,14,18). The fraction of sp³-hybridized carbons (Fsp3) is 0.538. The average Bonchev–Trinajstić information content (AvgIpc) is 2.76. The van der Waals surface area contributed by atoms with Gasteiger partial charge in [-0.1, -0.05) is 19.1 Å². The van der Waals surface area contributed by atoms with Gasteiger partial charge in [0.1, 0.15) is 5.76 Å². The Labute approximate surface area is 112 Å². The molecule has 98 valence electrons. The highest BCUT2D eigenvalue weighted by atomic mass is 32.1. The number of nitrogens with zero attached hydrogens (tertiary/aromatic N) is 1. The minimum absolute atomic E-state index is 0.0481. The molecule has 1 aromatic rings. The molecule has 0 aromatic carbocycles. The van der Waals surface area contributed by atoms with Crippen LogP contribution >= 0.6 is 12.2 Å². The van der Waals surface area contributed by atoms with Crippen LogP contribution in [-0.2, 0) is 0 Å². The fourth-order valence-corrected chi connectivity index (χ4v) is 2.36. The van der Waals surface area contributed by atoms with Crippen LogP contribution in [0.2, 0.25) is 0 Å². The maximum atomic E-state index is 12.2. The maximum Gasteiger partial charge on any atom is 0.289 e. The van der Waals surface area contributed by atoms with E-state index in [1.807, 2.05) is 6.92 Å². The van der Waals surface area contributed by atoms with E-state index in [-0.39, 0.29) is 11.3 Å². The van der Waals surface area contributed by atoms with Gasteiger partial charge in [-0.2, -0.15) is 0 Å². The number of thiocarbonyl (C=S) groups is 1.